The molecule has 0 saturated carbocycles. The van der Waals surface area contributed by atoms with Gasteiger partial charge in [0.25, 0.3) is 5.91 Å². The fraction of sp³-hybridized carbons (Fsp3) is 0.533. The molecule has 4 nitrogen and oxygen atoms in total. The van der Waals surface area contributed by atoms with Gasteiger partial charge in [-0.15, -0.1) is 0 Å². The molecule has 1 rings (SSSR count). The molecule has 1 aromatic rings. The lowest BCUT2D eigenvalue weighted by Crippen LogP contribution is -2.41. The van der Waals surface area contributed by atoms with Gasteiger partial charge in [-0.05, 0) is 31.5 Å². The van der Waals surface area contributed by atoms with Crippen molar-refractivity contribution in [2.24, 2.45) is 0 Å². The highest BCUT2D eigenvalue weighted by Gasteiger charge is 2.36. The first-order valence-electron chi connectivity index (χ1n) is 6.79. The van der Waals surface area contributed by atoms with E-state index in [0.29, 0.717) is 12.8 Å². The number of hydrogen-bond donors (Lipinski definition) is 1. The second-order valence-corrected chi connectivity index (χ2v) is 5.05. The predicted molar refractivity (Wildman–Crippen MR) is 76.9 cm³/mol. The highest BCUT2D eigenvalue weighted by Crippen LogP contribution is 2.37. The van der Waals surface area contributed by atoms with E-state index in [2.05, 4.69) is 5.32 Å². The number of rotatable bonds is 6. The molecule has 0 heterocycles. The van der Waals surface area contributed by atoms with Crippen molar-refractivity contribution in [3.63, 3.8) is 0 Å². The maximum Gasteiger partial charge on any atom is 0.420 e. The van der Waals surface area contributed by atoms with Gasteiger partial charge in [0.2, 0.25) is 0 Å². The van der Waals surface area contributed by atoms with Gasteiger partial charge < -0.3 is 14.8 Å². The number of methoxy groups -OCH3 is 2. The minimum absolute atomic E-state index is 0.0394. The number of carbonyl (C=O) groups is 1. The molecule has 0 aliphatic rings. The van der Waals surface area contributed by atoms with E-state index in [9.17, 15) is 18.0 Å². The van der Waals surface area contributed by atoms with Gasteiger partial charge in [0, 0.05) is 12.8 Å². The molecular formula is C15H20F3NO3. The van der Waals surface area contributed by atoms with Crippen LogP contribution in [0.2, 0.25) is 0 Å². The van der Waals surface area contributed by atoms with E-state index >= 15 is 0 Å². The first-order chi connectivity index (χ1) is 10.2. The number of amides is 1. The van der Waals surface area contributed by atoms with Crippen LogP contribution in [0, 0.1) is 0 Å². The summed E-state index contributed by atoms with van der Waals surface area (Å²) >= 11 is 0. The quantitative estimate of drug-likeness (QED) is 0.866. The summed E-state index contributed by atoms with van der Waals surface area (Å²) in [6, 6.07) is 3.37. The van der Waals surface area contributed by atoms with Crippen LogP contribution < -0.4 is 10.1 Å². The molecule has 0 radical (unpaired) electrons. The molecular weight excluding hydrogens is 299 g/mol. The van der Waals surface area contributed by atoms with E-state index in [-0.39, 0.29) is 11.4 Å². The van der Waals surface area contributed by atoms with Crippen LogP contribution in [0.5, 0.6) is 5.75 Å². The summed E-state index contributed by atoms with van der Waals surface area (Å²) in [5.41, 5.74) is -1.99. The Bertz CT molecular complexity index is 531. The lowest BCUT2D eigenvalue weighted by Gasteiger charge is -2.26. The second-order valence-electron chi connectivity index (χ2n) is 5.05. The molecule has 1 aromatic carbocycles. The van der Waals surface area contributed by atoms with E-state index in [1.807, 2.05) is 6.92 Å². The maximum absolute atomic E-state index is 13.0. The average Bonchev–Trinajstić information content (AvgIpc) is 2.46. The Hall–Kier alpha value is -1.76. The predicted octanol–water partition coefficient (Wildman–Crippen LogP) is 3.86. The minimum Gasteiger partial charge on any atom is -0.496 e. The molecule has 1 N–H and O–H groups in total. The maximum atomic E-state index is 13.0. The molecule has 1 amide bonds. The highest BCUT2D eigenvalue weighted by molar-refractivity contribution is 5.97. The Morgan fingerprint density at radius 2 is 1.91 bits per heavy atom. The van der Waals surface area contributed by atoms with Crippen molar-refractivity contribution in [3.05, 3.63) is 23.8 Å². The molecule has 0 aliphatic heterocycles. The summed E-state index contributed by atoms with van der Waals surface area (Å²) < 4.78 is 48.8. The third-order valence-corrected chi connectivity index (χ3v) is 3.42. The van der Waals surface area contributed by atoms with Crippen molar-refractivity contribution in [2.45, 2.75) is 38.5 Å². The van der Waals surface area contributed by atoms with E-state index in [0.717, 1.165) is 13.2 Å². The minimum atomic E-state index is -4.57. The summed E-state index contributed by atoms with van der Waals surface area (Å²) in [5, 5.41) is 2.46. The van der Waals surface area contributed by atoms with Gasteiger partial charge >= 0.3 is 6.18 Å². The lowest BCUT2D eigenvalue weighted by molar-refractivity contribution is -0.139. The molecule has 0 saturated heterocycles. The van der Waals surface area contributed by atoms with E-state index < -0.39 is 23.2 Å². The van der Waals surface area contributed by atoms with Gasteiger partial charge in [0.15, 0.2) is 0 Å². The summed E-state index contributed by atoms with van der Waals surface area (Å²) in [6.45, 7) is 3.49. The van der Waals surface area contributed by atoms with Gasteiger partial charge in [0.05, 0.1) is 12.7 Å². The number of halogens is 3. The lowest BCUT2D eigenvalue weighted by atomic mass is 9.99. The molecule has 1 atom stereocenters. The highest BCUT2D eigenvalue weighted by atomic mass is 19.4. The van der Waals surface area contributed by atoms with Crippen molar-refractivity contribution in [1.82, 2.24) is 0 Å². The summed E-state index contributed by atoms with van der Waals surface area (Å²) in [7, 11) is 2.55. The zero-order chi connectivity index (χ0) is 17.0. The van der Waals surface area contributed by atoms with Gasteiger partial charge in [-0.2, -0.15) is 13.2 Å². The van der Waals surface area contributed by atoms with Gasteiger partial charge in [-0.1, -0.05) is 13.3 Å². The topological polar surface area (TPSA) is 47.6 Å². The average molecular weight is 319 g/mol. The van der Waals surface area contributed by atoms with Gasteiger partial charge in [-0.3, -0.25) is 4.79 Å². The third kappa shape index (κ3) is 4.13. The molecule has 124 valence electrons. The van der Waals surface area contributed by atoms with E-state index in [1.54, 1.807) is 6.92 Å². The summed E-state index contributed by atoms with van der Waals surface area (Å²) in [5.74, 6) is -0.788. The van der Waals surface area contributed by atoms with Crippen molar-refractivity contribution in [1.29, 1.82) is 0 Å². The second kappa shape index (κ2) is 7.00. The van der Waals surface area contributed by atoms with Crippen molar-refractivity contribution in [3.8, 4) is 5.75 Å². The van der Waals surface area contributed by atoms with Crippen LogP contribution in [0.15, 0.2) is 18.2 Å². The van der Waals surface area contributed by atoms with Gasteiger partial charge in [-0.25, -0.2) is 0 Å². The zero-order valence-electron chi connectivity index (χ0n) is 13.0. The van der Waals surface area contributed by atoms with Crippen LogP contribution in [0.3, 0.4) is 0 Å². The Kier molecular flexibility index (Phi) is 5.82. The van der Waals surface area contributed by atoms with Crippen LogP contribution in [-0.2, 0) is 15.7 Å². The van der Waals surface area contributed by atoms with Crippen LogP contribution in [0.4, 0.5) is 18.9 Å². The smallest absolute Gasteiger partial charge is 0.420 e. The van der Waals surface area contributed by atoms with E-state index in [4.69, 9.17) is 9.47 Å². The van der Waals surface area contributed by atoms with Crippen molar-refractivity contribution in [2.75, 3.05) is 19.5 Å². The Labute approximate surface area is 127 Å². The fourth-order valence-electron chi connectivity index (χ4n) is 2.06. The monoisotopic (exact) mass is 319 g/mol. The van der Waals surface area contributed by atoms with Crippen molar-refractivity contribution < 1.29 is 27.4 Å². The Balaban J connectivity index is 3.07. The van der Waals surface area contributed by atoms with Crippen LogP contribution in [-0.4, -0.2) is 25.7 Å². The van der Waals surface area contributed by atoms with Gasteiger partial charge in [0.1, 0.15) is 11.4 Å². The SMILES string of the molecule is CCC[C@@](C)(OC)C(=O)Nc1ccc(OC)c(C(F)(F)F)c1. The molecule has 0 fully saturated rings. The van der Waals surface area contributed by atoms with Crippen molar-refractivity contribution >= 4 is 11.6 Å². The number of hydrogen-bond acceptors (Lipinski definition) is 3. The van der Waals surface area contributed by atoms with Crippen LogP contribution >= 0.6 is 0 Å². The molecule has 22 heavy (non-hydrogen) atoms. The third-order valence-electron chi connectivity index (χ3n) is 3.42. The Morgan fingerprint density at radius 1 is 1.27 bits per heavy atom. The molecule has 0 aromatic heterocycles. The zero-order valence-corrected chi connectivity index (χ0v) is 13.0. The van der Waals surface area contributed by atoms with E-state index in [1.165, 1.54) is 19.2 Å². The largest absolute Gasteiger partial charge is 0.496 e. The normalized spacial score (nSPS) is 14.3. The molecule has 0 unspecified atom stereocenters. The standard InChI is InChI=1S/C15H20F3NO3/c1-5-8-14(2,22-4)13(20)19-10-6-7-12(21-3)11(9-10)15(16,17)18/h6-7,9H,5,8H2,1-4H3,(H,19,20)/t14-/m1/s1. The molecule has 7 heteroatoms. The van der Waals surface area contributed by atoms with Crippen LogP contribution in [0.1, 0.15) is 32.3 Å². The summed E-state index contributed by atoms with van der Waals surface area (Å²) in [4.78, 5) is 12.2. The molecule has 0 aliphatic carbocycles. The number of alkyl halides is 3. The number of ether oxygens (including phenoxy) is 2. The summed E-state index contributed by atoms with van der Waals surface area (Å²) in [6.07, 6.45) is -3.41. The molecule has 0 spiro atoms. The van der Waals surface area contributed by atoms with Crippen LogP contribution in [0.25, 0.3) is 0 Å². The fourth-order valence-corrected chi connectivity index (χ4v) is 2.06. The number of nitrogens with one attached hydrogen (secondary N) is 1. The molecule has 0 bridgehead atoms. The number of benzene rings is 1. The Morgan fingerprint density at radius 3 is 2.36 bits per heavy atom. The first kappa shape index (κ1) is 18.3. The first-order valence-corrected chi connectivity index (χ1v) is 6.79. The number of anilines is 1. The number of carbonyl (C=O) groups excluding carboxylic acids is 1.